The summed E-state index contributed by atoms with van der Waals surface area (Å²) in [6, 6.07) is 7.37. The number of rotatable bonds is 5. The lowest BCUT2D eigenvalue weighted by molar-refractivity contribution is 0.0507. The standard InChI is InChI=1S/C18H18ClFN2O3/c19-16-8-13(9-21-17(16)23)18(24)22(11-15-2-1-7-25-15)10-12-3-5-14(20)6-4-12/h3-6,8-9,15H,1-2,7,10-11H2,(H,21,23). The SMILES string of the molecule is O=C(c1c[nH]c(=O)c(Cl)c1)N(Cc1ccc(F)cc1)CC1CCCO1. The molecular formula is C18H18ClFN2O3. The van der Waals surface area contributed by atoms with Gasteiger partial charge in [-0.2, -0.15) is 0 Å². The van der Waals surface area contributed by atoms with Crippen LogP contribution in [0.3, 0.4) is 0 Å². The molecule has 0 aliphatic carbocycles. The highest BCUT2D eigenvalue weighted by atomic mass is 35.5. The van der Waals surface area contributed by atoms with Crippen molar-refractivity contribution in [2.75, 3.05) is 13.2 Å². The molecule has 2 aromatic rings. The summed E-state index contributed by atoms with van der Waals surface area (Å²) in [5.41, 5.74) is 0.662. The van der Waals surface area contributed by atoms with Crippen LogP contribution < -0.4 is 5.56 Å². The second-order valence-electron chi connectivity index (χ2n) is 6.01. The first-order valence-electron chi connectivity index (χ1n) is 8.06. The molecule has 1 saturated heterocycles. The zero-order valence-electron chi connectivity index (χ0n) is 13.5. The molecule has 1 unspecified atom stereocenters. The van der Waals surface area contributed by atoms with Crippen LogP contribution in [0.1, 0.15) is 28.8 Å². The summed E-state index contributed by atoms with van der Waals surface area (Å²) in [4.78, 5) is 28.4. The Bertz CT molecular complexity index is 801. The van der Waals surface area contributed by atoms with Crippen molar-refractivity contribution in [1.29, 1.82) is 0 Å². The van der Waals surface area contributed by atoms with Gasteiger partial charge in [-0.1, -0.05) is 23.7 Å². The molecule has 1 fully saturated rings. The molecule has 0 radical (unpaired) electrons. The third-order valence-electron chi connectivity index (χ3n) is 4.13. The van der Waals surface area contributed by atoms with E-state index in [1.807, 2.05) is 0 Å². The minimum Gasteiger partial charge on any atom is -0.376 e. The molecule has 0 saturated carbocycles. The smallest absolute Gasteiger partial charge is 0.266 e. The van der Waals surface area contributed by atoms with Gasteiger partial charge in [-0.25, -0.2) is 4.39 Å². The highest BCUT2D eigenvalue weighted by Crippen LogP contribution is 2.18. The van der Waals surface area contributed by atoms with Crippen LogP contribution in [0.15, 0.2) is 41.3 Å². The first-order valence-corrected chi connectivity index (χ1v) is 8.44. The average Bonchev–Trinajstić information content (AvgIpc) is 3.11. The van der Waals surface area contributed by atoms with Crippen molar-refractivity contribution in [3.63, 3.8) is 0 Å². The number of aromatic amines is 1. The van der Waals surface area contributed by atoms with Gasteiger partial charge in [0.15, 0.2) is 0 Å². The van der Waals surface area contributed by atoms with Crippen molar-refractivity contribution < 1.29 is 13.9 Å². The molecule has 1 aromatic carbocycles. The molecule has 7 heteroatoms. The van der Waals surface area contributed by atoms with E-state index in [9.17, 15) is 14.0 Å². The molecule has 2 heterocycles. The Balaban J connectivity index is 1.83. The van der Waals surface area contributed by atoms with Crippen LogP contribution in [0.5, 0.6) is 0 Å². The van der Waals surface area contributed by atoms with Crippen molar-refractivity contribution in [2.24, 2.45) is 0 Å². The van der Waals surface area contributed by atoms with Gasteiger partial charge in [-0.05, 0) is 36.6 Å². The molecule has 132 valence electrons. The monoisotopic (exact) mass is 364 g/mol. The van der Waals surface area contributed by atoms with Gasteiger partial charge >= 0.3 is 0 Å². The van der Waals surface area contributed by atoms with Gasteiger partial charge in [0.25, 0.3) is 11.5 Å². The van der Waals surface area contributed by atoms with Crippen molar-refractivity contribution >= 4 is 17.5 Å². The predicted octanol–water partition coefficient (Wildman–Crippen LogP) is 2.99. The Morgan fingerprint density at radius 2 is 2.12 bits per heavy atom. The van der Waals surface area contributed by atoms with Gasteiger partial charge in [0, 0.05) is 25.9 Å². The number of benzene rings is 1. The number of hydrogen-bond acceptors (Lipinski definition) is 3. The highest BCUT2D eigenvalue weighted by molar-refractivity contribution is 6.30. The van der Waals surface area contributed by atoms with Gasteiger partial charge in [0.1, 0.15) is 10.8 Å². The Hall–Kier alpha value is -2.18. The van der Waals surface area contributed by atoms with Gasteiger partial charge in [-0.3, -0.25) is 9.59 Å². The number of ether oxygens (including phenoxy) is 1. The lowest BCUT2D eigenvalue weighted by Crippen LogP contribution is -2.37. The number of nitrogens with zero attached hydrogens (tertiary/aromatic N) is 1. The number of carbonyl (C=O) groups excluding carboxylic acids is 1. The minimum atomic E-state index is -0.442. The number of halogens is 2. The van der Waals surface area contributed by atoms with Gasteiger partial charge < -0.3 is 14.6 Å². The Morgan fingerprint density at radius 3 is 2.76 bits per heavy atom. The van der Waals surface area contributed by atoms with Crippen LogP contribution in [0.4, 0.5) is 4.39 Å². The van der Waals surface area contributed by atoms with E-state index in [1.165, 1.54) is 24.4 Å². The molecule has 5 nitrogen and oxygen atoms in total. The Labute approximate surface area is 149 Å². The number of carbonyl (C=O) groups is 1. The second kappa shape index (κ2) is 7.80. The third kappa shape index (κ3) is 4.46. The molecule has 1 aliphatic rings. The predicted molar refractivity (Wildman–Crippen MR) is 92.2 cm³/mol. The number of nitrogens with one attached hydrogen (secondary N) is 1. The third-order valence-corrected chi connectivity index (χ3v) is 4.41. The molecular weight excluding hydrogens is 347 g/mol. The molecule has 0 bridgehead atoms. The molecule has 25 heavy (non-hydrogen) atoms. The number of pyridine rings is 1. The van der Waals surface area contributed by atoms with Crippen molar-refractivity contribution in [2.45, 2.75) is 25.5 Å². The maximum atomic E-state index is 13.1. The van der Waals surface area contributed by atoms with E-state index in [-0.39, 0.29) is 22.9 Å². The summed E-state index contributed by atoms with van der Waals surface area (Å²) < 4.78 is 18.7. The number of amides is 1. The van der Waals surface area contributed by atoms with E-state index < -0.39 is 5.56 Å². The van der Waals surface area contributed by atoms with E-state index in [4.69, 9.17) is 16.3 Å². The summed E-state index contributed by atoms with van der Waals surface area (Å²) in [5, 5.41) is -0.0373. The van der Waals surface area contributed by atoms with Crippen LogP contribution >= 0.6 is 11.6 Å². The topological polar surface area (TPSA) is 62.4 Å². The number of hydrogen-bond donors (Lipinski definition) is 1. The fourth-order valence-electron chi connectivity index (χ4n) is 2.83. The van der Waals surface area contributed by atoms with E-state index in [0.29, 0.717) is 25.3 Å². The maximum Gasteiger partial charge on any atom is 0.266 e. The molecule has 1 atom stereocenters. The van der Waals surface area contributed by atoms with Crippen LogP contribution in [-0.2, 0) is 11.3 Å². The number of aromatic nitrogens is 1. The van der Waals surface area contributed by atoms with Crippen molar-refractivity contribution in [1.82, 2.24) is 9.88 Å². The molecule has 1 aromatic heterocycles. The summed E-state index contributed by atoms with van der Waals surface area (Å²) in [7, 11) is 0. The van der Waals surface area contributed by atoms with E-state index >= 15 is 0 Å². The Morgan fingerprint density at radius 1 is 1.36 bits per heavy atom. The average molecular weight is 365 g/mol. The van der Waals surface area contributed by atoms with Crippen LogP contribution in [0.25, 0.3) is 0 Å². The van der Waals surface area contributed by atoms with E-state index in [1.54, 1.807) is 17.0 Å². The highest BCUT2D eigenvalue weighted by Gasteiger charge is 2.24. The summed E-state index contributed by atoms with van der Waals surface area (Å²) >= 11 is 5.83. The molecule has 1 N–H and O–H groups in total. The zero-order valence-corrected chi connectivity index (χ0v) is 14.3. The van der Waals surface area contributed by atoms with Crippen LogP contribution in [0.2, 0.25) is 5.02 Å². The summed E-state index contributed by atoms with van der Waals surface area (Å²) in [6.07, 6.45) is 3.18. The summed E-state index contributed by atoms with van der Waals surface area (Å²) in [5.74, 6) is -0.592. The first-order chi connectivity index (χ1) is 12.0. The quantitative estimate of drug-likeness (QED) is 0.887. The number of H-pyrrole nitrogens is 1. The summed E-state index contributed by atoms with van der Waals surface area (Å²) in [6.45, 7) is 1.43. The maximum absolute atomic E-state index is 13.1. The molecule has 1 amide bonds. The first kappa shape index (κ1) is 17.6. The van der Waals surface area contributed by atoms with Gasteiger partial charge in [0.05, 0.1) is 11.7 Å². The second-order valence-corrected chi connectivity index (χ2v) is 6.42. The fraction of sp³-hybridized carbons (Fsp3) is 0.333. The van der Waals surface area contributed by atoms with Gasteiger partial charge in [0.2, 0.25) is 0 Å². The van der Waals surface area contributed by atoms with E-state index in [0.717, 1.165) is 18.4 Å². The molecule has 0 spiro atoms. The lowest BCUT2D eigenvalue weighted by Gasteiger charge is -2.25. The van der Waals surface area contributed by atoms with Crippen LogP contribution in [-0.4, -0.2) is 35.0 Å². The molecule has 3 rings (SSSR count). The fourth-order valence-corrected chi connectivity index (χ4v) is 3.00. The zero-order chi connectivity index (χ0) is 17.8. The Kier molecular flexibility index (Phi) is 5.50. The van der Waals surface area contributed by atoms with Crippen molar-refractivity contribution in [3.8, 4) is 0 Å². The molecule has 1 aliphatic heterocycles. The lowest BCUT2D eigenvalue weighted by atomic mass is 10.1. The largest absolute Gasteiger partial charge is 0.376 e. The van der Waals surface area contributed by atoms with Gasteiger partial charge in [-0.15, -0.1) is 0 Å². The van der Waals surface area contributed by atoms with E-state index in [2.05, 4.69) is 4.98 Å². The van der Waals surface area contributed by atoms with Crippen molar-refractivity contribution in [3.05, 3.63) is 68.8 Å². The normalized spacial score (nSPS) is 16.8. The minimum absolute atomic E-state index is 0.0253. The van der Waals surface area contributed by atoms with Crippen LogP contribution in [0, 0.1) is 5.82 Å².